The Balaban J connectivity index is 1.83. The van der Waals surface area contributed by atoms with Crippen LogP contribution >= 0.6 is 0 Å². The van der Waals surface area contributed by atoms with E-state index in [0.29, 0.717) is 18.2 Å². The first-order chi connectivity index (χ1) is 14.6. The number of fused-ring (bicyclic) bond motifs is 1. The lowest BCUT2D eigenvalue weighted by Gasteiger charge is -2.15. The second kappa shape index (κ2) is 8.44. The molecule has 0 bridgehead atoms. The Morgan fingerprint density at radius 1 is 1.03 bits per heavy atom. The summed E-state index contributed by atoms with van der Waals surface area (Å²) in [5.41, 5.74) is 9.52. The Morgan fingerprint density at radius 2 is 1.93 bits per heavy atom. The van der Waals surface area contributed by atoms with Gasteiger partial charge in [0.25, 0.3) is 0 Å². The third-order valence-electron chi connectivity index (χ3n) is 4.51. The predicted molar refractivity (Wildman–Crippen MR) is 120 cm³/mol. The van der Waals surface area contributed by atoms with E-state index in [-0.39, 0.29) is 6.03 Å². The fourth-order valence-corrected chi connectivity index (χ4v) is 3.20. The van der Waals surface area contributed by atoms with Crippen LogP contribution in [0.5, 0.6) is 0 Å². The number of nitrogens with two attached hydrogens (primary N) is 1. The summed E-state index contributed by atoms with van der Waals surface area (Å²) in [6, 6.07) is 13.1. The first-order valence-corrected chi connectivity index (χ1v) is 9.50. The van der Waals surface area contributed by atoms with Crippen LogP contribution < -0.4 is 21.7 Å². The van der Waals surface area contributed by atoms with Gasteiger partial charge in [-0.2, -0.15) is 0 Å². The van der Waals surface area contributed by atoms with Gasteiger partial charge in [0.2, 0.25) is 0 Å². The van der Waals surface area contributed by atoms with Crippen LogP contribution in [0.15, 0.2) is 67.3 Å². The monoisotopic (exact) mass is 399 g/mol. The molecular weight excluding hydrogens is 378 g/mol. The predicted octanol–water partition coefficient (Wildman–Crippen LogP) is 4.16. The molecule has 8 nitrogen and oxygen atoms in total. The zero-order valence-electron chi connectivity index (χ0n) is 16.4. The van der Waals surface area contributed by atoms with Crippen LogP contribution in [0, 0.1) is 0 Å². The van der Waals surface area contributed by atoms with Crippen molar-refractivity contribution in [2.24, 2.45) is 0 Å². The Hall–Kier alpha value is -4.20. The number of nitrogens with one attached hydrogen (secondary N) is 3. The van der Waals surface area contributed by atoms with Gasteiger partial charge in [0.05, 0.1) is 11.9 Å². The molecule has 0 fully saturated rings. The summed E-state index contributed by atoms with van der Waals surface area (Å²) in [4.78, 5) is 24.6. The van der Waals surface area contributed by atoms with Gasteiger partial charge >= 0.3 is 6.03 Å². The Morgan fingerprint density at radius 3 is 2.70 bits per heavy atom. The van der Waals surface area contributed by atoms with Crippen molar-refractivity contribution in [3.05, 3.63) is 67.3 Å². The van der Waals surface area contributed by atoms with Crippen LogP contribution in [-0.4, -0.2) is 27.5 Å². The van der Waals surface area contributed by atoms with Gasteiger partial charge in [-0.15, -0.1) is 0 Å². The van der Waals surface area contributed by atoms with E-state index in [9.17, 15) is 4.79 Å². The molecule has 0 saturated heterocycles. The van der Waals surface area contributed by atoms with E-state index in [1.807, 2.05) is 49.4 Å². The summed E-state index contributed by atoms with van der Waals surface area (Å²) in [6.45, 7) is 2.38. The highest BCUT2D eigenvalue weighted by Gasteiger charge is 2.12. The number of anilines is 4. The molecule has 5 N–H and O–H groups in total. The Bertz CT molecular complexity index is 1190. The van der Waals surface area contributed by atoms with E-state index < -0.39 is 0 Å². The highest BCUT2D eigenvalue weighted by atomic mass is 16.2. The number of carbonyl (C=O) groups excluding carboxylic acids is 1. The molecule has 0 aliphatic rings. The molecule has 0 saturated carbocycles. The topological polar surface area (TPSA) is 118 Å². The van der Waals surface area contributed by atoms with E-state index in [0.717, 1.165) is 33.3 Å². The molecule has 0 spiro atoms. The number of nitrogens with zero attached hydrogens (tertiary/aromatic N) is 3. The first-order valence-electron chi connectivity index (χ1n) is 9.50. The SMILES string of the molecule is CCNC(=O)Nc1cc2c(-c3ccnc(N)c3)ccc(Nc3cccnc3)c2cn1. The van der Waals surface area contributed by atoms with E-state index in [4.69, 9.17) is 5.73 Å². The van der Waals surface area contributed by atoms with Crippen molar-refractivity contribution in [1.82, 2.24) is 20.3 Å². The average Bonchev–Trinajstić information content (AvgIpc) is 2.75. The minimum atomic E-state index is -0.302. The zero-order chi connectivity index (χ0) is 20.9. The van der Waals surface area contributed by atoms with Crippen molar-refractivity contribution >= 4 is 39.8 Å². The fourth-order valence-electron chi connectivity index (χ4n) is 3.20. The van der Waals surface area contributed by atoms with Crippen molar-refractivity contribution in [3.8, 4) is 11.1 Å². The first kappa shape index (κ1) is 19.1. The standard InChI is InChI=1S/C22H21N7O/c1-2-25-22(30)29-21-11-17-16(14-7-9-26-20(23)10-14)5-6-19(18(17)13-27-21)28-15-4-3-8-24-12-15/h3-13,28H,2H2,1H3,(H2,23,26)(H2,25,27,29,30). The molecule has 2 amide bonds. The molecule has 4 rings (SSSR count). The Labute approximate surface area is 173 Å². The summed E-state index contributed by atoms with van der Waals surface area (Å²) in [5.74, 6) is 0.892. The number of carbonyl (C=O) groups is 1. The molecule has 0 aliphatic carbocycles. The number of hydrogen-bond acceptors (Lipinski definition) is 6. The number of urea groups is 1. The van der Waals surface area contributed by atoms with E-state index in [1.54, 1.807) is 24.8 Å². The van der Waals surface area contributed by atoms with Gasteiger partial charge in [-0.1, -0.05) is 6.07 Å². The lowest BCUT2D eigenvalue weighted by molar-refractivity contribution is 0.252. The largest absolute Gasteiger partial charge is 0.384 e. The van der Waals surface area contributed by atoms with Crippen LogP contribution in [-0.2, 0) is 0 Å². The number of rotatable bonds is 5. The highest BCUT2D eigenvalue weighted by molar-refractivity contribution is 6.05. The quantitative estimate of drug-likeness (QED) is 0.400. The molecule has 150 valence electrons. The van der Waals surface area contributed by atoms with Crippen molar-refractivity contribution in [2.45, 2.75) is 6.92 Å². The maximum absolute atomic E-state index is 11.9. The third-order valence-corrected chi connectivity index (χ3v) is 4.51. The minimum Gasteiger partial charge on any atom is -0.384 e. The van der Waals surface area contributed by atoms with Gasteiger partial charge in [0.15, 0.2) is 0 Å². The van der Waals surface area contributed by atoms with E-state index in [1.165, 1.54) is 0 Å². The number of amides is 2. The van der Waals surface area contributed by atoms with Crippen molar-refractivity contribution in [2.75, 3.05) is 22.9 Å². The molecule has 0 unspecified atom stereocenters. The second-order valence-electron chi connectivity index (χ2n) is 6.60. The number of hydrogen-bond donors (Lipinski definition) is 4. The smallest absolute Gasteiger partial charge is 0.320 e. The molecule has 0 aliphatic heterocycles. The van der Waals surface area contributed by atoms with Crippen LogP contribution in [0.2, 0.25) is 0 Å². The summed E-state index contributed by atoms with van der Waals surface area (Å²) in [5, 5.41) is 10.7. The molecule has 30 heavy (non-hydrogen) atoms. The van der Waals surface area contributed by atoms with Crippen LogP contribution in [0.1, 0.15) is 6.92 Å². The summed E-state index contributed by atoms with van der Waals surface area (Å²) >= 11 is 0. The number of pyridine rings is 3. The van der Waals surface area contributed by atoms with Gasteiger partial charge in [0, 0.05) is 36.2 Å². The summed E-state index contributed by atoms with van der Waals surface area (Å²) in [6.07, 6.45) is 6.89. The van der Waals surface area contributed by atoms with Gasteiger partial charge in [-0.3, -0.25) is 10.3 Å². The van der Waals surface area contributed by atoms with E-state index >= 15 is 0 Å². The maximum Gasteiger partial charge on any atom is 0.320 e. The van der Waals surface area contributed by atoms with Crippen molar-refractivity contribution in [3.63, 3.8) is 0 Å². The molecule has 8 heteroatoms. The lowest BCUT2D eigenvalue weighted by Crippen LogP contribution is -2.28. The maximum atomic E-state index is 11.9. The molecule has 1 aromatic carbocycles. The van der Waals surface area contributed by atoms with E-state index in [2.05, 4.69) is 30.9 Å². The highest BCUT2D eigenvalue weighted by Crippen LogP contribution is 2.35. The normalized spacial score (nSPS) is 10.6. The van der Waals surface area contributed by atoms with Crippen LogP contribution in [0.4, 0.5) is 27.8 Å². The van der Waals surface area contributed by atoms with Crippen molar-refractivity contribution < 1.29 is 4.79 Å². The van der Waals surface area contributed by atoms with Gasteiger partial charge in [-0.25, -0.2) is 14.8 Å². The fraction of sp³-hybridized carbons (Fsp3) is 0.0909. The van der Waals surface area contributed by atoms with Crippen LogP contribution in [0.3, 0.4) is 0 Å². The Kier molecular flexibility index (Phi) is 5.38. The number of nitrogen functional groups attached to an aromatic ring is 1. The zero-order valence-corrected chi connectivity index (χ0v) is 16.4. The summed E-state index contributed by atoms with van der Waals surface area (Å²) < 4.78 is 0. The minimum absolute atomic E-state index is 0.302. The molecule has 3 heterocycles. The van der Waals surface area contributed by atoms with Gasteiger partial charge in [0.1, 0.15) is 11.6 Å². The van der Waals surface area contributed by atoms with Gasteiger partial charge in [-0.05, 0) is 59.8 Å². The van der Waals surface area contributed by atoms with Crippen LogP contribution in [0.25, 0.3) is 21.9 Å². The number of aromatic nitrogens is 3. The second-order valence-corrected chi connectivity index (χ2v) is 6.60. The number of benzene rings is 1. The van der Waals surface area contributed by atoms with Crippen molar-refractivity contribution in [1.29, 1.82) is 0 Å². The molecule has 0 atom stereocenters. The molecule has 0 radical (unpaired) electrons. The summed E-state index contributed by atoms with van der Waals surface area (Å²) in [7, 11) is 0. The third kappa shape index (κ3) is 4.12. The lowest BCUT2D eigenvalue weighted by atomic mass is 9.98. The molecule has 4 aromatic rings. The van der Waals surface area contributed by atoms with Gasteiger partial charge < -0.3 is 16.4 Å². The molecular formula is C22H21N7O. The average molecular weight is 399 g/mol. The molecule has 3 aromatic heterocycles.